The molecule has 0 saturated heterocycles. The van der Waals surface area contributed by atoms with Gasteiger partial charge in [0.05, 0.1) is 18.1 Å². The van der Waals surface area contributed by atoms with Gasteiger partial charge in [0.1, 0.15) is 5.75 Å². The van der Waals surface area contributed by atoms with E-state index in [1.54, 1.807) is 18.9 Å². The van der Waals surface area contributed by atoms with Gasteiger partial charge in [0.2, 0.25) is 5.16 Å². The summed E-state index contributed by atoms with van der Waals surface area (Å²) in [6, 6.07) is 8.00. The van der Waals surface area contributed by atoms with Crippen molar-refractivity contribution >= 4 is 17.5 Å². The molecule has 3 rings (SSSR count). The Kier molecular flexibility index (Phi) is 3.71. The van der Waals surface area contributed by atoms with Gasteiger partial charge in [0.25, 0.3) is 0 Å². The summed E-state index contributed by atoms with van der Waals surface area (Å²) in [6.45, 7) is 6.34. The van der Waals surface area contributed by atoms with Crippen LogP contribution in [-0.2, 0) is 0 Å². The van der Waals surface area contributed by atoms with Gasteiger partial charge in [0, 0.05) is 5.92 Å². The number of benzene rings is 1. The van der Waals surface area contributed by atoms with E-state index >= 15 is 0 Å². The van der Waals surface area contributed by atoms with E-state index in [4.69, 9.17) is 9.84 Å². The summed E-state index contributed by atoms with van der Waals surface area (Å²) in [4.78, 5) is 0. The lowest BCUT2D eigenvalue weighted by molar-refractivity contribution is 0.415. The molecule has 1 aromatic carbocycles. The molecular formula is C15H18N4OS. The Morgan fingerprint density at radius 3 is 2.52 bits per heavy atom. The van der Waals surface area contributed by atoms with Crippen LogP contribution in [-0.4, -0.2) is 32.9 Å². The molecule has 0 N–H and O–H groups in total. The second-order valence-corrected chi connectivity index (χ2v) is 6.59. The average molecular weight is 302 g/mol. The van der Waals surface area contributed by atoms with Crippen molar-refractivity contribution in [1.82, 2.24) is 14.9 Å². The van der Waals surface area contributed by atoms with Gasteiger partial charge in [-0.3, -0.25) is 0 Å². The molecule has 0 spiro atoms. The summed E-state index contributed by atoms with van der Waals surface area (Å²) in [7, 11) is 1.67. The normalized spacial score (nSPS) is 17.6. The lowest BCUT2D eigenvalue weighted by atomic mass is 10.1. The maximum atomic E-state index is 5.21. The van der Waals surface area contributed by atoms with Crippen LogP contribution in [0.1, 0.15) is 38.1 Å². The van der Waals surface area contributed by atoms with Crippen molar-refractivity contribution in [3.8, 4) is 5.75 Å². The maximum Gasteiger partial charge on any atom is 0.212 e. The Morgan fingerprint density at radius 1 is 1.19 bits per heavy atom. The number of thioether (sulfide) groups is 1. The standard InChI is InChI=1S/C15H18N4OS/c1-9(2)14-16-17-15-19(14)18-13(10(3)21-15)11-5-7-12(20-4)8-6-11/h5-10H,1-4H3. The van der Waals surface area contributed by atoms with Gasteiger partial charge in [-0.25, -0.2) is 0 Å². The van der Waals surface area contributed by atoms with E-state index in [1.165, 1.54) is 0 Å². The van der Waals surface area contributed by atoms with Gasteiger partial charge in [0.15, 0.2) is 5.82 Å². The Labute approximate surface area is 128 Å². The summed E-state index contributed by atoms with van der Waals surface area (Å²) in [6.07, 6.45) is 0. The summed E-state index contributed by atoms with van der Waals surface area (Å²) in [5.41, 5.74) is 2.14. The topological polar surface area (TPSA) is 52.3 Å². The summed E-state index contributed by atoms with van der Waals surface area (Å²) >= 11 is 1.69. The van der Waals surface area contributed by atoms with Gasteiger partial charge in [-0.2, -0.15) is 9.78 Å². The quantitative estimate of drug-likeness (QED) is 0.874. The third-order valence-electron chi connectivity index (χ3n) is 3.41. The van der Waals surface area contributed by atoms with Crippen LogP contribution >= 0.6 is 11.8 Å². The van der Waals surface area contributed by atoms with E-state index in [9.17, 15) is 0 Å². The predicted octanol–water partition coefficient (Wildman–Crippen LogP) is 3.16. The average Bonchev–Trinajstić information content (AvgIpc) is 2.89. The number of rotatable bonds is 3. The highest BCUT2D eigenvalue weighted by atomic mass is 32.2. The van der Waals surface area contributed by atoms with Crippen molar-refractivity contribution in [2.24, 2.45) is 5.10 Å². The lowest BCUT2D eigenvalue weighted by Gasteiger charge is -2.20. The molecule has 1 aliphatic rings. The zero-order chi connectivity index (χ0) is 15.0. The number of fused-ring (bicyclic) bond motifs is 1. The molecule has 110 valence electrons. The smallest absolute Gasteiger partial charge is 0.212 e. The summed E-state index contributed by atoms with van der Waals surface area (Å²) < 4.78 is 7.08. The minimum atomic E-state index is 0.245. The fraction of sp³-hybridized carbons (Fsp3) is 0.400. The number of nitrogens with zero attached hydrogens (tertiary/aromatic N) is 4. The fourth-order valence-corrected chi connectivity index (χ4v) is 3.19. The highest BCUT2D eigenvalue weighted by molar-refractivity contribution is 8.00. The van der Waals surface area contributed by atoms with Crippen LogP contribution in [0.4, 0.5) is 0 Å². The number of ether oxygens (including phenoxy) is 1. The maximum absolute atomic E-state index is 5.21. The van der Waals surface area contributed by atoms with Crippen molar-refractivity contribution in [2.45, 2.75) is 37.1 Å². The molecule has 1 aromatic heterocycles. The van der Waals surface area contributed by atoms with Crippen molar-refractivity contribution in [1.29, 1.82) is 0 Å². The SMILES string of the molecule is COc1ccc(C2=Nn3c(nnc3C(C)C)SC2C)cc1. The number of aromatic nitrogens is 3. The number of hydrogen-bond acceptors (Lipinski definition) is 5. The minimum Gasteiger partial charge on any atom is -0.497 e. The van der Waals surface area contributed by atoms with Crippen LogP contribution in [0.3, 0.4) is 0 Å². The molecule has 0 aliphatic carbocycles. The first-order valence-electron chi connectivity index (χ1n) is 6.95. The molecule has 0 bridgehead atoms. The molecule has 5 nitrogen and oxygen atoms in total. The Morgan fingerprint density at radius 2 is 1.90 bits per heavy atom. The monoisotopic (exact) mass is 302 g/mol. The van der Waals surface area contributed by atoms with Gasteiger partial charge in [-0.1, -0.05) is 25.6 Å². The summed E-state index contributed by atoms with van der Waals surface area (Å²) in [5, 5.41) is 14.4. The molecule has 2 aromatic rings. The molecule has 1 atom stereocenters. The minimum absolute atomic E-state index is 0.245. The van der Waals surface area contributed by atoms with Crippen LogP contribution in [0.15, 0.2) is 34.5 Å². The lowest BCUT2D eigenvalue weighted by Crippen LogP contribution is -2.22. The van der Waals surface area contributed by atoms with E-state index in [0.29, 0.717) is 5.92 Å². The van der Waals surface area contributed by atoms with Crippen molar-refractivity contribution in [2.75, 3.05) is 7.11 Å². The van der Waals surface area contributed by atoms with Crippen LogP contribution in [0.2, 0.25) is 0 Å². The third kappa shape index (κ3) is 2.55. The number of hydrogen-bond donors (Lipinski definition) is 0. The Balaban J connectivity index is 2.04. The molecule has 2 heterocycles. The van der Waals surface area contributed by atoms with E-state index in [2.05, 4.69) is 31.0 Å². The van der Waals surface area contributed by atoms with Crippen LogP contribution in [0, 0.1) is 0 Å². The largest absolute Gasteiger partial charge is 0.497 e. The first-order chi connectivity index (χ1) is 10.1. The zero-order valence-corrected chi connectivity index (χ0v) is 13.4. The van der Waals surface area contributed by atoms with Gasteiger partial charge in [-0.15, -0.1) is 10.2 Å². The number of methoxy groups -OCH3 is 1. The fourth-order valence-electron chi connectivity index (χ4n) is 2.26. The molecule has 0 fully saturated rings. The Bertz CT molecular complexity index is 675. The molecule has 0 radical (unpaired) electrons. The zero-order valence-electron chi connectivity index (χ0n) is 12.6. The van der Waals surface area contributed by atoms with Crippen LogP contribution < -0.4 is 4.74 Å². The van der Waals surface area contributed by atoms with E-state index < -0.39 is 0 Å². The van der Waals surface area contributed by atoms with Gasteiger partial charge >= 0.3 is 0 Å². The van der Waals surface area contributed by atoms with Crippen LogP contribution in [0.5, 0.6) is 5.75 Å². The van der Waals surface area contributed by atoms with E-state index in [-0.39, 0.29) is 5.25 Å². The Hall–Kier alpha value is -1.82. The second-order valence-electron chi connectivity index (χ2n) is 5.28. The highest BCUT2D eigenvalue weighted by Crippen LogP contribution is 2.31. The van der Waals surface area contributed by atoms with Crippen molar-refractivity contribution in [3.05, 3.63) is 35.7 Å². The molecule has 6 heteroatoms. The molecule has 0 amide bonds. The van der Waals surface area contributed by atoms with Crippen LogP contribution in [0.25, 0.3) is 0 Å². The molecule has 1 aliphatic heterocycles. The molecule has 21 heavy (non-hydrogen) atoms. The van der Waals surface area contributed by atoms with E-state index in [1.807, 2.05) is 28.9 Å². The molecule has 0 saturated carbocycles. The molecular weight excluding hydrogens is 284 g/mol. The van der Waals surface area contributed by atoms with Gasteiger partial charge < -0.3 is 4.74 Å². The molecule has 1 unspecified atom stereocenters. The predicted molar refractivity (Wildman–Crippen MR) is 84.4 cm³/mol. The van der Waals surface area contributed by atoms with Gasteiger partial charge in [-0.05, 0) is 36.8 Å². The second kappa shape index (κ2) is 5.52. The first-order valence-corrected chi connectivity index (χ1v) is 7.83. The van der Waals surface area contributed by atoms with Crippen molar-refractivity contribution < 1.29 is 4.74 Å². The van der Waals surface area contributed by atoms with E-state index in [0.717, 1.165) is 28.0 Å². The van der Waals surface area contributed by atoms with Crippen molar-refractivity contribution in [3.63, 3.8) is 0 Å². The highest BCUT2D eigenvalue weighted by Gasteiger charge is 2.26. The first kappa shape index (κ1) is 14.1. The summed E-state index contributed by atoms with van der Waals surface area (Å²) in [5.74, 6) is 2.04. The third-order valence-corrected chi connectivity index (χ3v) is 4.46.